The van der Waals surface area contributed by atoms with Gasteiger partial charge < -0.3 is 13.9 Å². The first-order chi connectivity index (χ1) is 38.7. The highest BCUT2D eigenvalue weighted by atomic mass is 16.4. The Bertz CT molecular complexity index is 4630. The minimum Gasteiger partial charge on any atom is -0.507 e. The van der Waals surface area contributed by atoms with E-state index in [1.165, 1.54) is 11.1 Å². The van der Waals surface area contributed by atoms with E-state index in [4.69, 9.17) is 18.8 Å². The van der Waals surface area contributed by atoms with Crippen molar-refractivity contribution in [3.63, 3.8) is 0 Å². The molecule has 13 aromatic rings. The third-order valence-electron chi connectivity index (χ3n) is 16.6. The molecule has 0 saturated carbocycles. The Morgan fingerprint density at radius 1 is 0.444 bits per heavy atom. The molecule has 0 unspecified atom stereocenters. The molecule has 7 heteroatoms. The molecule has 0 fully saturated rings. The summed E-state index contributed by atoms with van der Waals surface area (Å²) in [4.78, 5) is 11.5. The number of aromatic nitrogens is 4. The van der Waals surface area contributed by atoms with Crippen molar-refractivity contribution >= 4 is 65.9 Å². The zero-order valence-electron chi connectivity index (χ0n) is 48.9. The molecule has 1 N–H and O–H groups in total. The standard InChI is InChI=1S/C74H70N4O3/c1-42(2)49-27-21-28-50(43(3)4)64(49)78-65-59(36-35-55-56-34-33-54-53-26-18-20-32-62(53)80-68(54)69(56)81-67(55)65)75-70(78)46-37-45(38-47(39-46)72(5,6)7)52-29-22-31-61-63(52)76-71(57-40-48(73(8,9)10)41-58(66(57)79)74(11,12)13)77(61)60-30-19-17-25-51(60)44-23-15-14-16-24-44/h14-43,79H,1-13H3. The molecule has 0 bridgehead atoms. The van der Waals surface area contributed by atoms with Crippen LogP contribution >= 0.6 is 0 Å². The number of para-hydroxylation sites is 4. The Morgan fingerprint density at radius 2 is 1.04 bits per heavy atom. The maximum Gasteiger partial charge on any atom is 0.178 e. The van der Waals surface area contributed by atoms with E-state index in [0.717, 1.165) is 128 Å². The van der Waals surface area contributed by atoms with Crippen LogP contribution in [0.5, 0.6) is 5.75 Å². The van der Waals surface area contributed by atoms with Gasteiger partial charge in [-0.2, -0.15) is 0 Å². The predicted octanol–water partition coefficient (Wildman–Crippen LogP) is 20.7. The highest BCUT2D eigenvalue weighted by Gasteiger charge is 2.32. The Kier molecular flexibility index (Phi) is 11.9. The zero-order valence-corrected chi connectivity index (χ0v) is 48.9. The summed E-state index contributed by atoms with van der Waals surface area (Å²) >= 11 is 0. The van der Waals surface area contributed by atoms with E-state index < -0.39 is 0 Å². The SMILES string of the molecule is CC(C)c1cccc(C(C)C)c1-n1c(-c2cc(-c3cccc4c3nc(-c3cc(C(C)(C)C)cc(C(C)(C)C)c3O)n4-c3ccccc3-c3ccccc3)cc(C(C)(C)C)c2)nc2ccc3c4ccc5c6ccccc6oc5c4oc3c21. The third-order valence-corrected chi connectivity index (χ3v) is 16.6. The van der Waals surface area contributed by atoms with E-state index in [0.29, 0.717) is 11.4 Å². The van der Waals surface area contributed by atoms with Gasteiger partial charge in [-0.1, -0.05) is 199 Å². The lowest BCUT2D eigenvalue weighted by molar-refractivity contribution is 0.446. The molecule has 4 heterocycles. The molecule has 4 aromatic heterocycles. The van der Waals surface area contributed by atoms with Crippen LogP contribution in [0.2, 0.25) is 0 Å². The van der Waals surface area contributed by atoms with Gasteiger partial charge in [-0.25, -0.2) is 9.97 Å². The van der Waals surface area contributed by atoms with Crippen LogP contribution in [-0.4, -0.2) is 24.2 Å². The number of rotatable bonds is 8. The summed E-state index contributed by atoms with van der Waals surface area (Å²) in [6, 6.07) is 60.6. The molecule has 0 aliphatic carbocycles. The number of aromatic hydroxyl groups is 1. The predicted molar refractivity (Wildman–Crippen MR) is 338 cm³/mol. The van der Waals surface area contributed by atoms with Crippen LogP contribution in [0.1, 0.15) is 130 Å². The first-order valence-electron chi connectivity index (χ1n) is 28.7. The molecular weight excluding hydrogens is 993 g/mol. The highest BCUT2D eigenvalue weighted by Crippen LogP contribution is 2.48. The van der Waals surface area contributed by atoms with Crippen molar-refractivity contribution in [3.8, 4) is 62.2 Å². The van der Waals surface area contributed by atoms with Gasteiger partial charge in [0.1, 0.15) is 28.5 Å². The van der Waals surface area contributed by atoms with Gasteiger partial charge in [0.15, 0.2) is 16.7 Å². The smallest absolute Gasteiger partial charge is 0.178 e. The van der Waals surface area contributed by atoms with Crippen LogP contribution in [0.4, 0.5) is 0 Å². The average Bonchev–Trinajstić information content (AvgIpc) is 3.36. The summed E-state index contributed by atoms with van der Waals surface area (Å²) in [5.41, 5.74) is 19.3. The topological polar surface area (TPSA) is 82.1 Å². The molecule has 0 aliphatic rings. The Balaban J connectivity index is 1.13. The Labute approximate surface area is 474 Å². The summed E-state index contributed by atoms with van der Waals surface area (Å²) in [5.74, 6) is 2.13. The largest absolute Gasteiger partial charge is 0.507 e. The number of imidazole rings is 2. The molecule has 0 amide bonds. The first-order valence-corrected chi connectivity index (χ1v) is 28.7. The van der Waals surface area contributed by atoms with Crippen LogP contribution in [0.15, 0.2) is 179 Å². The van der Waals surface area contributed by atoms with Crippen molar-refractivity contribution < 1.29 is 13.9 Å². The fourth-order valence-electron chi connectivity index (χ4n) is 12.3. The van der Waals surface area contributed by atoms with Crippen LogP contribution < -0.4 is 0 Å². The lowest BCUT2D eigenvalue weighted by Gasteiger charge is -2.27. The zero-order chi connectivity index (χ0) is 56.6. The minimum absolute atomic E-state index is 0.197. The molecule has 0 saturated heterocycles. The monoisotopic (exact) mass is 1060 g/mol. The van der Waals surface area contributed by atoms with E-state index in [1.54, 1.807) is 0 Å². The number of benzene rings is 9. The molecule has 13 rings (SSSR count). The molecule has 7 nitrogen and oxygen atoms in total. The second kappa shape index (κ2) is 18.7. The molecule has 0 spiro atoms. The second-order valence-electron chi connectivity index (χ2n) is 26.0. The highest BCUT2D eigenvalue weighted by molar-refractivity contribution is 6.22. The van der Waals surface area contributed by atoms with Gasteiger partial charge in [0.2, 0.25) is 0 Å². The van der Waals surface area contributed by atoms with E-state index >= 15 is 0 Å². The lowest BCUT2D eigenvalue weighted by atomic mass is 9.79. The Morgan fingerprint density at radius 3 is 1.74 bits per heavy atom. The maximum absolute atomic E-state index is 12.7. The molecule has 0 atom stereocenters. The molecule has 9 aromatic carbocycles. The van der Waals surface area contributed by atoms with Crippen LogP contribution in [0, 0.1) is 0 Å². The number of furan rings is 2. The van der Waals surface area contributed by atoms with E-state index in [2.05, 4.69) is 257 Å². The van der Waals surface area contributed by atoms with Gasteiger partial charge >= 0.3 is 0 Å². The second-order valence-corrected chi connectivity index (χ2v) is 26.0. The van der Waals surface area contributed by atoms with Gasteiger partial charge in [0.05, 0.1) is 33.5 Å². The van der Waals surface area contributed by atoms with Crippen LogP contribution in [-0.2, 0) is 16.2 Å². The molecule has 0 radical (unpaired) electrons. The van der Waals surface area contributed by atoms with Crippen molar-refractivity contribution in [2.75, 3.05) is 0 Å². The number of hydrogen-bond acceptors (Lipinski definition) is 5. The fourth-order valence-corrected chi connectivity index (χ4v) is 12.3. The van der Waals surface area contributed by atoms with Gasteiger partial charge in [0, 0.05) is 43.8 Å². The van der Waals surface area contributed by atoms with Gasteiger partial charge in [-0.05, 0) is 122 Å². The van der Waals surface area contributed by atoms with Gasteiger partial charge in [-0.3, -0.25) is 9.13 Å². The van der Waals surface area contributed by atoms with E-state index in [1.807, 2.05) is 12.1 Å². The quantitative estimate of drug-likeness (QED) is 0.164. The first kappa shape index (κ1) is 51.7. The van der Waals surface area contributed by atoms with Crippen molar-refractivity contribution in [2.24, 2.45) is 0 Å². The number of phenols is 1. The van der Waals surface area contributed by atoms with Gasteiger partial charge in [-0.15, -0.1) is 0 Å². The number of phenolic OH excluding ortho intramolecular Hbond substituents is 1. The fraction of sp³-hybridized carbons (Fsp3) is 0.243. The van der Waals surface area contributed by atoms with Crippen LogP contribution in [0.25, 0.3) is 122 Å². The number of nitrogens with zero attached hydrogens (tertiary/aromatic N) is 4. The number of fused-ring (bicyclic) bond motifs is 10. The third kappa shape index (κ3) is 8.46. The maximum atomic E-state index is 12.7. The minimum atomic E-state index is -0.354. The average molecular weight is 1060 g/mol. The summed E-state index contributed by atoms with van der Waals surface area (Å²) < 4.78 is 18.6. The van der Waals surface area contributed by atoms with E-state index in [-0.39, 0.29) is 33.8 Å². The van der Waals surface area contributed by atoms with Crippen molar-refractivity contribution in [1.82, 2.24) is 19.1 Å². The summed E-state index contributed by atoms with van der Waals surface area (Å²) in [7, 11) is 0. The number of hydrogen-bond donors (Lipinski definition) is 1. The van der Waals surface area contributed by atoms with Gasteiger partial charge in [0.25, 0.3) is 0 Å². The van der Waals surface area contributed by atoms with Crippen molar-refractivity contribution in [1.29, 1.82) is 0 Å². The normalized spacial score (nSPS) is 12.8. The molecule has 404 valence electrons. The molecule has 81 heavy (non-hydrogen) atoms. The summed E-state index contributed by atoms with van der Waals surface area (Å²) in [6.07, 6.45) is 0. The van der Waals surface area contributed by atoms with Crippen molar-refractivity contribution in [2.45, 2.75) is 118 Å². The van der Waals surface area contributed by atoms with Crippen molar-refractivity contribution in [3.05, 3.63) is 198 Å². The molecule has 0 aliphatic heterocycles. The summed E-state index contributed by atoms with van der Waals surface area (Å²) in [5, 5.41) is 16.8. The van der Waals surface area contributed by atoms with Crippen LogP contribution in [0.3, 0.4) is 0 Å². The summed E-state index contributed by atoms with van der Waals surface area (Å²) in [6.45, 7) is 29.2. The lowest BCUT2D eigenvalue weighted by Crippen LogP contribution is -2.17. The Hall–Kier alpha value is -8.68. The molecular formula is C74H70N4O3. The van der Waals surface area contributed by atoms with E-state index in [9.17, 15) is 5.11 Å².